The van der Waals surface area contributed by atoms with Crippen LogP contribution in [0.3, 0.4) is 0 Å². The molecule has 3 aromatic rings. The number of H-pyrrole nitrogens is 1. The quantitative estimate of drug-likeness (QED) is 0.487. The fraction of sp³-hybridized carbons (Fsp3) is 0.368. The number of aromatic amines is 1. The Labute approximate surface area is 154 Å². The van der Waals surface area contributed by atoms with Crippen molar-refractivity contribution in [1.82, 2.24) is 15.2 Å². The fourth-order valence-electron chi connectivity index (χ4n) is 2.72. The molecule has 0 saturated carbocycles. The van der Waals surface area contributed by atoms with Gasteiger partial charge in [-0.05, 0) is 48.7 Å². The Morgan fingerprint density at radius 1 is 1.04 bits per heavy atom. The molecule has 0 spiro atoms. The van der Waals surface area contributed by atoms with Crippen LogP contribution in [0.1, 0.15) is 43.2 Å². The first-order valence-electron chi connectivity index (χ1n) is 8.65. The largest absolute Gasteiger partial charge is 0.432 e. The summed E-state index contributed by atoms with van der Waals surface area (Å²) in [4.78, 5) is 6.58. The molecule has 26 heavy (non-hydrogen) atoms. The van der Waals surface area contributed by atoms with Crippen LogP contribution in [0.15, 0.2) is 36.5 Å². The van der Waals surface area contributed by atoms with Crippen molar-refractivity contribution in [3.63, 3.8) is 0 Å². The number of hydrogen-bond donors (Lipinski definition) is 1. The van der Waals surface area contributed by atoms with Crippen LogP contribution in [0.2, 0.25) is 0 Å². The van der Waals surface area contributed by atoms with Gasteiger partial charge in [-0.15, -0.1) is 11.3 Å². The number of aryl methyl sites for hydroxylation is 1. The topological polar surface area (TPSA) is 41.6 Å². The van der Waals surface area contributed by atoms with Gasteiger partial charge in [-0.1, -0.05) is 26.2 Å². The molecular formula is C19H20F3N3S. The van der Waals surface area contributed by atoms with E-state index in [9.17, 15) is 13.2 Å². The van der Waals surface area contributed by atoms with Crippen molar-refractivity contribution >= 4 is 11.3 Å². The Bertz CT molecular complexity index is 852. The SMILES string of the molecule is CCCCCCc1ccc(-c2ccnc(-c3cc(C(F)(F)F)[nH]n3)c2)s1. The number of nitrogens with one attached hydrogen (secondary N) is 1. The molecule has 0 bridgehead atoms. The molecule has 3 heterocycles. The highest BCUT2D eigenvalue weighted by Gasteiger charge is 2.33. The number of nitrogens with zero attached hydrogens (tertiary/aromatic N) is 2. The number of aromatic nitrogens is 3. The monoisotopic (exact) mass is 379 g/mol. The number of unbranched alkanes of at least 4 members (excludes halogenated alkanes) is 3. The van der Waals surface area contributed by atoms with Crippen molar-refractivity contribution < 1.29 is 13.2 Å². The summed E-state index contributed by atoms with van der Waals surface area (Å²) in [5.41, 5.74) is 0.684. The molecule has 0 amide bonds. The van der Waals surface area contributed by atoms with Gasteiger partial charge in [0, 0.05) is 16.0 Å². The van der Waals surface area contributed by atoms with Gasteiger partial charge in [0.05, 0.1) is 5.69 Å². The average Bonchev–Trinajstić information content (AvgIpc) is 3.28. The summed E-state index contributed by atoms with van der Waals surface area (Å²) >= 11 is 1.72. The van der Waals surface area contributed by atoms with Gasteiger partial charge in [0.25, 0.3) is 0 Å². The number of halogens is 3. The lowest BCUT2D eigenvalue weighted by Crippen LogP contribution is -2.04. The van der Waals surface area contributed by atoms with Crippen LogP contribution in [0, 0.1) is 0 Å². The van der Waals surface area contributed by atoms with E-state index in [1.165, 1.54) is 30.6 Å². The van der Waals surface area contributed by atoms with Gasteiger partial charge < -0.3 is 0 Å². The first kappa shape index (κ1) is 18.6. The van der Waals surface area contributed by atoms with Gasteiger partial charge in [0.15, 0.2) is 0 Å². The Balaban J connectivity index is 1.75. The molecule has 3 aromatic heterocycles. The van der Waals surface area contributed by atoms with Gasteiger partial charge in [0.2, 0.25) is 0 Å². The summed E-state index contributed by atoms with van der Waals surface area (Å²) in [6, 6.07) is 8.82. The van der Waals surface area contributed by atoms with Crippen molar-refractivity contribution in [3.05, 3.63) is 47.1 Å². The maximum absolute atomic E-state index is 12.7. The van der Waals surface area contributed by atoms with Crippen LogP contribution in [-0.4, -0.2) is 15.2 Å². The molecule has 0 aliphatic heterocycles. The second-order valence-corrected chi connectivity index (χ2v) is 7.34. The van der Waals surface area contributed by atoms with Crippen LogP contribution < -0.4 is 0 Å². The van der Waals surface area contributed by atoms with Crippen molar-refractivity contribution in [2.75, 3.05) is 0 Å². The van der Waals surface area contributed by atoms with Gasteiger partial charge in [0.1, 0.15) is 11.4 Å². The predicted octanol–water partition coefficient (Wildman–Crippen LogP) is 6.34. The summed E-state index contributed by atoms with van der Waals surface area (Å²) < 4.78 is 38.2. The lowest BCUT2D eigenvalue weighted by molar-refractivity contribution is -0.141. The third-order valence-electron chi connectivity index (χ3n) is 4.13. The fourth-order valence-corrected chi connectivity index (χ4v) is 3.76. The summed E-state index contributed by atoms with van der Waals surface area (Å²) in [6.45, 7) is 2.20. The minimum absolute atomic E-state index is 0.190. The minimum Gasteiger partial charge on any atom is -0.273 e. The normalized spacial score (nSPS) is 11.8. The smallest absolute Gasteiger partial charge is 0.273 e. The Kier molecular flexibility index (Phi) is 5.76. The third-order valence-corrected chi connectivity index (χ3v) is 5.32. The molecule has 0 fully saturated rings. The second kappa shape index (κ2) is 8.03. The highest BCUT2D eigenvalue weighted by molar-refractivity contribution is 7.15. The standard InChI is InChI=1S/C19H20F3N3S/c1-2-3-4-5-6-14-7-8-17(26-14)13-9-10-23-15(11-13)16-12-18(25-24-16)19(20,21)22/h7-12H,2-6H2,1H3,(H,24,25). The molecule has 0 aliphatic carbocycles. The maximum atomic E-state index is 12.7. The Hall–Kier alpha value is -2.15. The van der Waals surface area contributed by atoms with E-state index < -0.39 is 11.9 Å². The molecule has 3 rings (SSSR count). The van der Waals surface area contributed by atoms with Gasteiger partial charge in [-0.3, -0.25) is 10.1 Å². The van der Waals surface area contributed by atoms with Gasteiger partial charge in [-0.25, -0.2) is 0 Å². The molecule has 0 radical (unpaired) electrons. The van der Waals surface area contributed by atoms with E-state index in [-0.39, 0.29) is 5.69 Å². The zero-order valence-corrected chi connectivity index (χ0v) is 15.3. The van der Waals surface area contributed by atoms with E-state index in [0.29, 0.717) is 5.69 Å². The summed E-state index contributed by atoms with van der Waals surface area (Å²) in [7, 11) is 0. The van der Waals surface area contributed by atoms with Gasteiger partial charge in [-0.2, -0.15) is 18.3 Å². The average molecular weight is 379 g/mol. The highest BCUT2D eigenvalue weighted by atomic mass is 32.1. The molecule has 7 heteroatoms. The number of hydrogen-bond acceptors (Lipinski definition) is 3. The lowest BCUT2D eigenvalue weighted by atomic mass is 10.1. The van der Waals surface area contributed by atoms with Crippen LogP contribution in [0.5, 0.6) is 0 Å². The Morgan fingerprint density at radius 2 is 1.88 bits per heavy atom. The minimum atomic E-state index is -4.44. The maximum Gasteiger partial charge on any atom is 0.432 e. The van der Waals surface area contributed by atoms with E-state index in [0.717, 1.165) is 22.9 Å². The molecule has 138 valence electrons. The van der Waals surface area contributed by atoms with Crippen LogP contribution in [0.4, 0.5) is 13.2 Å². The predicted molar refractivity (Wildman–Crippen MR) is 98.0 cm³/mol. The lowest BCUT2D eigenvalue weighted by Gasteiger charge is -2.01. The van der Waals surface area contributed by atoms with Crippen LogP contribution in [0.25, 0.3) is 21.8 Å². The van der Waals surface area contributed by atoms with E-state index in [2.05, 4.69) is 29.1 Å². The van der Waals surface area contributed by atoms with E-state index in [1.54, 1.807) is 23.6 Å². The molecule has 1 N–H and O–H groups in total. The van der Waals surface area contributed by atoms with Crippen molar-refractivity contribution in [2.24, 2.45) is 0 Å². The summed E-state index contributed by atoms with van der Waals surface area (Å²) in [6.07, 6.45) is 3.13. The molecule has 0 saturated heterocycles. The molecular weight excluding hydrogens is 359 g/mol. The molecule has 0 aliphatic rings. The van der Waals surface area contributed by atoms with Crippen LogP contribution >= 0.6 is 11.3 Å². The summed E-state index contributed by atoms with van der Waals surface area (Å²) in [5.74, 6) is 0. The number of thiophene rings is 1. The Morgan fingerprint density at radius 3 is 2.62 bits per heavy atom. The van der Waals surface area contributed by atoms with Crippen LogP contribution in [-0.2, 0) is 12.6 Å². The highest BCUT2D eigenvalue weighted by Crippen LogP contribution is 2.33. The molecule has 0 atom stereocenters. The van der Waals surface area contributed by atoms with E-state index in [1.807, 2.05) is 11.2 Å². The van der Waals surface area contributed by atoms with Crippen molar-refractivity contribution in [2.45, 2.75) is 45.2 Å². The van der Waals surface area contributed by atoms with E-state index >= 15 is 0 Å². The van der Waals surface area contributed by atoms with Crippen molar-refractivity contribution in [1.29, 1.82) is 0 Å². The number of rotatable bonds is 7. The zero-order chi connectivity index (χ0) is 18.6. The second-order valence-electron chi connectivity index (χ2n) is 6.17. The number of pyridine rings is 1. The third kappa shape index (κ3) is 4.52. The molecule has 3 nitrogen and oxygen atoms in total. The zero-order valence-electron chi connectivity index (χ0n) is 14.4. The first-order valence-corrected chi connectivity index (χ1v) is 9.47. The first-order chi connectivity index (χ1) is 12.5. The summed E-state index contributed by atoms with van der Waals surface area (Å²) in [5, 5.41) is 5.78. The van der Waals surface area contributed by atoms with Gasteiger partial charge >= 0.3 is 6.18 Å². The molecule has 0 aromatic carbocycles. The van der Waals surface area contributed by atoms with E-state index in [4.69, 9.17) is 0 Å². The molecule has 0 unspecified atom stereocenters. The number of alkyl halides is 3. The van der Waals surface area contributed by atoms with Crippen molar-refractivity contribution in [3.8, 4) is 21.8 Å².